The van der Waals surface area contributed by atoms with Gasteiger partial charge in [0.05, 0.1) is 0 Å². The summed E-state index contributed by atoms with van der Waals surface area (Å²) in [5.74, 6) is 0. The van der Waals surface area contributed by atoms with Crippen LogP contribution in [-0.4, -0.2) is 31.1 Å². The van der Waals surface area contributed by atoms with Crippen molar-refractivity contribution in [2.24, 2.45) is 5.41 Å². The molecule has 2 heterocycles. The minimum atomic E-state index is 0.563. The quantitative estimate of drug-likeness (QED) is 0.818. The molecule has 0 amide bonds. The molecular weight excluding hydrogens is 252 g/mol. The lowest BCUT2D eigenvalue weighted by atomic mass is 9.75. The standard InChI is InChI=1S/C16H28N2S/c1-3-7-16(8-10-17-11-9-16)14-18(4-2)13-15-6-5-12-19-15/h5-6,12,17H,3-4,7-11,13-14H2,1-2H3. The maximum absolute atomic E-state index is 3.52. The second-order valence-corrected chi connectivity index (χ2v) is 6.91. The molecule has 0 aromatic carbocycles. The van der Waals surface area contributed by atoms with Crippen LogP contribution in [0.3, 0.4) is 0 Å². The third kappa shape index (κ3) is 4.30. The van der Waals surface area contributed by atoms with Gasteiger partial charge in [0, 0.05) is 18.0 Å². The highest BCUT2D eigenvalue weighted by Gasteiger charge is 2.32. The molecule has 2 rings (SSSR count). The van der Waals surface area contributed by atoms with Gasteiger partial charge in [0.1, 0.15) is 0 Å². The minimum absolute atomic E-state index is 0.563. The summed E-state index contributed by atoms with van der Waals surface area (Å²) in [6.45, 7) is 10.6. The molecule has 19 heavy (non-hydrogen) atoms. The minimum Gasteiger partial charge on any atom is -0.317 e. The van der Waals surface area contributed by atoms with Crippen molar-refractivity contribution in [3.8, 4) is 0 Å². The summed E-state index contributed by atoms with van der Waals surface area (Å²) in [5, 5.41) is 5.71. The lowest BCUT2D eigenvalue weighted by Crippen LogP contribution is -2.44. The van der Waals surface area contributed by atoms with Crippen LogP contribution in [-0.2, 0) is 6.54 Å². The van der Waals surface area contributed by atoms with Gasteiger partial charge in [0.15, 0.2) is 0 Å². The Morgan fingerprint density at radius 1 is 1.32 bits per heavy atom. The van der Waals surface area contributed by atoms with Crippen molar-refractivity contribution in [1.82, 2.24) is 10.2 Å². The van der Waals surface area contributed by atoms with Crippen LogP contribution in [0.2, 0.25) is 0 Å². The fourth-order valence-corrected chi connectivity index (χ4v) is 4.10. The van der Waals surface area contributed by atoms with Crippen molar-refractivity contribution >= 4 is 11.3 Å². The van der Waals surface area contributed by atoms with Gasteiger partial charge in [-0.3, -0.25) is 4.90 Å². The van der Waals surface area contributed by atoms with E-state index in [0.717, 1.165) is 13.1 Å². The Labute approximate surface area is 122 Å². The Morgan fingerprint density at radius 2 is 2.11 bits per heavy atom. The van der Waals surface area contributed by atoms with Crippen molar-refractivity contribution in [2.45, 2.75) is 46.1 Å². The van der Waals surface area contributed by atoms with E-state index in [2.05, 4.69) is 41.6 Å². The highest BCUT2D eigenvalue weighted by Crippen LogP contribution is 2.35. The average Bonchev–Trinajstić information content (AvgIpc) is 2.92. The molecule has 1 saturated heterocycles. The predicted molar refractivity (Wildman–Crippen MR) is 84.7 cm³/mol. The fraction of sp³-hybridized carbons (Fsp3) is 0.750. The van der Waals surface area contributed by atoms with Crippen LogP contribution in [0.25, 0.3) is 0 Å². The number of hydrogen-bond donors (Lipinski definition) is 1. The van der Waals surface area contributed by atoms with Crippen molar-refractivity contribution < 1.29 is 0 Å². The molecular formula is C16H28N2S. The molecule has 1 aliphatic heterocycles. The van der Waals surface area contributed by atoms with Gasteiger partial charge in [0.25, 0.3) is 0 Å². The van der Waals surface area contributed by atoms with Crippen LogP contribution in [0.4, 0.5) is 0 Å². The zero-order chi connectivity index (χ0) is 13.6. The number of hydrogen-bond acceptors (Lipinski definition) is 3. The van der Waals surface area contributed by atoms with Crippen LogP contribution in [0.5, 0.6) is 0 Å². The molecule has 0 spiro atoms. The molecule has 1 fully saturated rings. The number of nitrogens with one attached hydrogen (secondary N) is 1. The second kappa shape index (κ2) is 7.41. The van der Waals surface area contributed by atoms with Gasteiger partial charge in [-0.15, -0.1) is 11.3 Å². The Kier molecular flexibility index (Phi) is 5.86. The molecule has 1 aliphatic rings. The van der Waals surface area contributed by atoms with Crippen molar-refractivity contribution in [3.05, 3.63) is 22.4 Å². The molecule has 1 aromatic heterocycles. The number of piperidine rings is 1. The van der Waals surface area contributed by atoms with Crippen LogP contribution in [0, 0.1) is 5.41 Å². The third-order valence-electron chi connectivity index (χ3n) is 4.41. The summed E-state index contributed by atoms with van der Waals surface area (Å²) in [7, 11) is 0. The highest BCUT2D eigenvalue weighted by atomic mass is 32.1. The molecule has 0 bridgehead atoms. The second-order valence-electron chi connectivity index (χ2n) is 5.88. The first kappa shape index (κ1) is 15.0. The summed E-state index contributed by atoms with van der Waals surface area (Å²) in [5.41, 5.74) is 0.563. The van der Waals surface area contributed by atoms with Gasteiger partial charge in [0.2, 0.25) is 0 Å². The molecule has 1 aromatic rings. The van der Waals surface area contributed by atoms with E-state index < -0.39 is 0 Å². The normalized spacial score (nSPS) is 18.9. The fourth-order valence-electron chi connectivity index (χ4n) is 3.35. The van der Waals surface area contributed by atoms with E-state index in [1.165, 1.54) is 50.2 Å². The zero-order valence-electron chi connectivity index (χ0n) is 12.5. The lowest BCUT2D eigenvalue weighted by Gasteiger charge is -2.41. The summed E-state index contributed by atoms with van der Waals surface area (Å²) >= 11 is 1.89. The molecule has 0 saturated carbocycles. The van der Waals surface area contributed by atoms with E-state index in [1.807, 2.05) is 11.3 Å². The Balaban J connectivity index is 1.97. The van der Waals surface area contributed by atoms with Gasteiger partial charge in [-0.2, -0.15) is 0 Å². The Bertz CT molecular complexity index is 336. The van der Waals surface area contributed by atoms with Gasteiger partial charge in [-0.1, -0.05) is 26.3 Å². The van der Waals surface area contributed by atoms with E-state index in [9.17, 15) is 0 Å². The Morgan fingerprint density at radius 3 is 2.68 bits per heavy atom. The van der Waals surface area contributed by atoms with E-state index in [0.29, 0.717) is 5.41 Å². The van der Waals surface area contributed by atoms with Crippen molar-refractivity contribution in [2.75, 3.05) is 26.2 Å². The van der Waals surface area contributed by atoms with Crippen LogP contribution >= 0.6 is 11.3 Å². The number of nitrogens with zero attached hydrogens (tertiary/aromatic N) is 1. The summed E-state index contributed by atoms with van der Waals surface area (Å²) in [6.07, 6.45) is 5.40. The predicted octanol–water partition coefficient (Wildman–Crippen LogP) is 3.74. The van der Waals surface area contributed by atoms with Crippen molar-refractivity contribution in [3.63, 3.8) is 0 Å². The average molecular weight is 280 g/mol. The summed E-state index contributed by atoms with van der Waals surface area (Å²) in [4.78, 5) is 4.15. The number of thiophene rings is 1. The van der Waals surface area contributed by atoms with Gasteiger partial charge >= 0.3 is 0 Å². The van der Waals surface area contributed by atoms with Crippen LogP contribution in [0.15, 0.2) is 17.5 Å². The molecule has 0 radical (unpaired) electrons. The zero-order valence-corrected chi connectivity index (χ0v) is 13.3. The van der Waals surface area contributed by atoms with Gasteiger partial charge < -0.3 is 5.32 Å². The lowest BCUT2D eigenvalue weighted by molar-refractivity contribution is 0.100. The number of rotatable bonds is 7. The maximum atomic E-state index is 3.52. The topological polar surface area (TPSA) is 15.3 Å². The van der Waals surface area contributed by atoms with Gasteiger partial charge in [-0.25, -0.2) is 0 Å². The summed E-state index contributed by atoms with van der Waals surface area (Å²) in [6, 6.07) is 4.43. The molecule has 0 aliphatic carbocycles. The Hall–Kier alpha value is -0.380. The highest BCUT2D eigenvalue weighted by molar-refractivity contribution is 7.09. The summed E-state index contributed by atoms with van der Waals surface area (Å²) < 4.78 is 0. The van der Waals surface area contributed by atoms with E-state index in [1.54, 1.807) is 0 Å². The smallest absolute Gasteiger partial charge is 0.0328 e. The maximum Gasteiger partial charge on any atom is 0.0328 e. The van der Waals surface area contributed by atoms with Crippen molar-refractivity contribution in [1.29, 1.82) is 0 Å². The molecule has 2 nitrogen and oxygen atoms in total. The third-order valence-corrected chi connectivity index (χ3v) is 5.27. The van der Waals surface area contributed by atoms with E-state index in [-0.39, 0.29) is 0 Å². The molecule has 108 valence electrons. The van der Waals surface area contributed by atoms with E-state index >= 15 is 0 Å². The van der Waals surface area contributed by atoms with Crippen LogP contribution in [0.1, 0.15) is 44.4 Å². The molecule has 3 heteroatoms. The molecule has 1 N–H and O–H groups in total. The molecule has 0 atom stereocenters. The monoisotopic (exact) mass is 280 g/mol. The molecule has 0 unspecified atom stereocenters. The first-order valence-corrected chi connectivity index (χ1v) is 8.61. The SMILES string of the molecule is CCCC1(CN(CC)Cc2cccs2)CCNCC1. The first-order chi connectivity index (χ1) is 9.28. The van der Waals surface area contributed by atoms with E-state index in [4.69, 9.17) is 0 Å². The van der Waals surface area contributed by atoms with Gasteiger partial charge in [-0.05, 0) is 55.8 Å². The van der Waals surface area contributed by atoms with Crippen LogP contribution < -0.4 is 5.32 Å². The largest absolute Gasteiger partial charge is 0.317 e. The first-order valence-electron chi connectivity index (χ1n) is 7.73.